The van der Waals surface area contributed by atoms with Gasteiger partial charge in [-0.2, -0.15) is 8.78 Å². The molecule has 0 atom stereocenters. The molecule has 0 N–H and O–H groups in total. The third kappa shape index (κ3) is 2.69. The van der Waals surface area contributed by atoms with Crippen LogP contribution < -0.4 is 4.74 Å². The highest BCUT2D eigenvalue weighted by molar-refractivity contribution is 5.36. The molecule has 14 heavy (non-hydrogen) atoms. The number of benzene rings is 1. The summed E-state index contributed by atoms with van der Waals surface area (Å²) in [5, 5.41) is 0. The van der Waals surface area contributed by atoms with Crippen molar-refractivity contribution in [3.05, 3.63) is 29.3 Å². The predicted octanol–water partition coefficient (Wildman–Crippen LogP) is 3.72. The SMILES string of the molecule is Cc1ccc(OC(F)F)cc1C(C)C. The van der Waals surface area contributed by atoms with Crippen molar-refractivity contribution in [2.75, 3.05) is 0 Å². The fraction of sp³-hybridized carbons (Fsp3) is 0.455. The molecule has 0 spiro atoms. The van der Waals surface area contributed by atoms with E-state index in [1.165, 1.54) is 0 Å². The lowest BCUT2D eigenvalue weighted by Gasteiger charge is -2.12. The highest BCUT2D eigenvalue weighted by atomic mass is 19.3. The Hall–Kier alpha value is -1.12. The highest BCUT2D eigenvalue weighted by Gasteiger charge is 2.08. The van der Waals surface area contributed by atoms with Crippen molar-refractivity contribution in [3.8, 4) is 5.75 Å². The molecule has 0 amide bonds. The zero-order chi connectivity index (χ0) is 10.7. The maximum absolute atomic E-state index is 11.9. The molecular formula is C11H14F2O. The van der Waals surface area contributed by atoms with Crippen molar-refractivity contribution in [2.24, 2.45) is 0 Å². The van der Waals surface area contributed by atoms with Crippen molar-refractivity contribution in [2.45, 2.75) is 33.3 Å². The van der Waals surface area contributed by atoms with Gasteiger partial charge in [0.25, 0.3) is 0 Å². The van der Waals surface area contributed by atoms with Gasteiger partial charge in [0.15, 0.2) is 0 Å². The Bertz CT molecular complexity index is 308. The molecule has 1 nitrogen and oxygen atoms in total. The van der Waals surface area contributed by atoms with Gasteiger partial charge in [0.1, 0.15) is 5.75 Å². The van der Waals surface area contributed by atoms with Crippen LogP contribution >= 0.6 is 0 Å². The van der Waals surface area contributed by atoms with Gasteiger partial charge in [0.05, 0.1) is 0 Å². The molecule has 78 valence electrons. The number of aryl methyl sites for hydroxylation is 1. The van der Waals surface area contributed by atoms with Crippen molar-refractivity contribution in [3.63, 3.8) is 0 Å². The quantitative estimate of drug-likeness (QED) is 0.722. The average molecular weight is 200 g/mol. The molecule has 0 radical (unpaired) electrons. The summed E-state index contributed by atoms with van der Waals surface area (Å²) in [7, 11) is 0. The molecule has 0 heterocycles. The molecule has 0 saturated carbocycles. The molecule has 0 fully saturated rings. The summed E-state index contributed by atoms with van der Waals surface area (Å²) in [6, 6.07) is 5.03. The van der Waals surface area contributed by atoms with Crippen LogP contribution in [-0.2, 0) is 0 Å². The molecule has 0 aliphatic rings. The minimum absolute atomic E-state index is 0.231. The molecule has 1 aromatic rings. The van der Waals surface area contributed by atoms with Gasteiger partial charge in [0, 0.05) is 0 Å². The van der Waals surface area contributed by atoms with Crippen LogP contribution in [0.15, 0.2) is 18.2 Å². The standard InChI is InChI=1S/C11H14F2O/c1-7(2)10-6-9(14-11(12)13)5-4-8(10)3/h4-7,11H,1-3H3. The maximum Gasteiger partial charge on any atom is 0.387 e. The maximum atomic E-state index is 11.9. The van der Waals surface area contributed by atoms with Crippen LogP contribution in [0.1, 0.15) is 30.9 Å². The van der Waals surface area contributed by atoms with Crippen LogP contribution in [0.2, 0.25) is 0 Å². The lowest BCUT2D eigenvalue weighted by molar-refractivity contribution is -0.0499. The molecule has 1 rings (SSSR count). The summed E-state index contributed by atoms with van der Waals surface area (Å²) < 4.78 is 28.2. The van der Waals surface area contributed by atoms with Crippen LogP contribution in [0.3, 0.4) is 0 Å². The first-order valence-corrected chi connectivity index (χ1v) is 4.56. The highest BCUT2D eigenvalue weighted by Crippen LogP contribution is 2.24. The summed E-state index contributed by atoms with van der Waals surface area (Å²) in [5.74, 6) is 0.547. The fourth-order valence-electron chi connectivity index (χ4n) is 1.42. The van der Waals surface area contributed by atoms with Crippen molar-refractivity contribution in [1.82, 2.24) is 0 Å². The number of alkyl halides is 2. The van der Waals surface area contributed by atoms with E-state index in [0.717, 1.165) is 11.1 Å². The Kier molecular flexibility index (Phi) is 3.44. The fourth-order valence-corrected chi connectivity index (χ4v) is 1.42. The van der Waals surface area contributed by atoms with E-state index in [9.17, 15) is 8.78 Å². The Morgan fingerprint density at radius 1 is 1.21 bits per heavy atom. The van der Waals surface area contributed by atoms with Gasteiger partial charge in [-0.1, -0.05) is 19.9 Å². The van der Waals surface area contributed by atoms with E-state index < -0.39 is 6.61 Å². The van der Waals surface area contributed by atoms with E-state index in [2.05, 4.69) is 4.74 Å². The van der Waals surface area contributed by atoms with Crippen LogP contribution in [-0.4, -0.2) is 6.61 Å². The lowest BCUT2D eigenvalue weighted by Crippen LogP contribution is -2.03. The molecule has 0 aromatic heterocycles. The first-order valence-electron chi connectivity index (χ1n) is 4.56. The summed E-state index contributed by atoms with van der Waals surface area (Å²) in [6.07, 6.45) is 0. The van der Waals surface area contributed by atoms with E-state index in [0.29, 0.717) is 5.92 Å². The van der Waals surface area contributed by atoms with E-state index in [-0.39, 0.29) is 5.75 Å². The third-order valence-electron chi connectivity index (χ3n) is 2.10. The molecular weight excluding hydrogens is 186 g/mol. The largest absolute Gasteiger partial charge is 0.435 e. The number of rotatable bonds is 3. The Balaban J connectivity index is 2.94. The molecule has 0 bridgehead atoms. The topological polar surface area (TPSA) is 9.23 Å². The smallest absolute Gasteiger partial charge is 0.387 e. The second kappa shape index (κ2) is 4.40. The third-order valence-corrected chi connectivity index (χ3v) is 2.10. The van der Waals surface area contributed by atoms with Crippen molar-refractivity contribution < 1.29 is 13.5 Å². The first kappa shape index (κ1) is 11.0. The zero-order valence-electron chi connectivity index (χ0n) is 8.55. The van der Waals surface area contributed by atoms with Crippen LogP contribution in [0.5, 0.6) is 5.75 Å². The van der Waals surface area contributed by atoms with Gasteiger partial charge < -0.3 is 4.74 Å². The summed E-state index contributed by atoms with van der Waals surface area (Å²) in [5.41, 5.74) is 2.14. The zero-order valence-corrected chi connectivity index (χ0v) is 8.55. The first-order chi connectivity index (χ1) is 6.50. The molecule has 0 saturated heterocycles. The molecule has 0 unspecified atom stereocenters. The summed E-state index contributed by atoms with van der Waals surface area (Å²) >= 11 is 0. The van der Waals surface area contributed by atoms with E-state index in [4.69, 9.17) is 0 Å². The molecule has 1 aromatic carbocycles. The molecule has 0 aliphatic heterocycles. The molecule has 0 aliphatic carbocycles. The van der Waals surface area contributed by atoms with Crippen molar-refractivity contribution in [1.29, 1.82) is 0 Å². The minimum atomic E-state index is -2.75. The number of ether oxygens (including phenoxy) is 1. The van der Waals surface area contributed by atoms with Crippen molar-refractivity contribution >= 4 is 0 Å². The number of halogens is 2. The average Bonchev–Trinajstić information content (AvgIpc) is 2.07. The monoisotopic (exact) mass is 200 g/mol. The van der Waals surface area contributed by atoms with E-state index in [1.54, 1.807) is 18.2 Å². The van der Waals surface area contributed by atoms with E-state index in [1.807, 2.05) is 20.8 Å². The van der Waals surface area contributed by atoms with Gasteiger partial charge >= 0.3 is 6.61 Å². The van der Waals surface area contributed by atoms with Gasteiger partial charge in [-0.05, 0) is 36.1 Å². The van der Waals surface area contributed by atoms with Crippen LogP contribution in [0, 0.1) is 6.92 Å². The van der Waals surface area contributed by atoms with Gasteiger partial charge in [-0.3, -0.25) is 0 Å². The minimum Gasteiger partial charge on any atom is -0.435 e. The second-order valence-electron chi connectivity index (χ2n) is 3.55. The summed E-state index contributed by atoms with van der Waals surface area (Å²) in [6.45, 7) is 3.25. The van der Waals surface area contributed by atoms with Crippen LogP contribution in [0.25, 0.3) is 0 Å². The lowest BCUT2D eigenvalue weighted by atomic mass is 9.98. The second-order valence-corrected chi connectivity index (χ2v) is 3.55. The van der Waals surface area contributed by atoms with E-state index >= 15 is 0 Å². The molecule has 3 heteroatoms. The van der Waals surface area contributed by atoms with Crippen LogP contribution in [0.4, 0.5) is 8.78 Å². The van der Waals surface area contributed by atoms with Gasteiger partial charge in [0.2, 0.25) is 0 Å². The Labute approximate surface area is 82.7 Å². The Morgan fingerprint density at radius 2 is 1.86 bits per heavy atom. The number of hydrogen-bond donors (Lipinski definition) is 0. The Morgan fingerprint density at radius 3 is 2.36 bits per heavy atom. The van der Waals surface area contributed by atoms with Gasteiger partial charge in [-0.15, -0.1) is 0 Å². The van der Waals surface area contributed by atoms with Gasteiger partial charge in [-0.25, -0.2) is 0 Å². The number of hydrogen-bond acceptors (Lipinski definition) is 1. The normalized spacial score (nSPS) is 11.1. The predicted molar refractivity (Wildman–Crippen MR) is 51.9 cm³/mol. The summed E-state index contributed by atoms with van der Waals surface area (Å²) in [4.78, 5) is 0.